The lowest BCUT2D eigenvalue weighted by molar-refractivity contribution is -0.139. The number of halogens is 2. The first kappa shape index (κ1) is 29.3. The maximum atomic E-state index is 13.8. The predicted octanol–water partition coefficient (Wildman–Crippen LogP) is 4.75. The maximum absolute atomic E-state index is 13.8. The number of rotatable bonds is 11. The van der Waals surface area contributed by atoms with Crippen LogP contribution in [0.5, 0.6) is 5.75 Å². The van der Waals surface area contributed by atoms with Gasteiger partial charge in [0.05, 0.1) is 17.7 Å². The molecule has 1 N–H and O–H groups in total. The van der Waals surface area contributed by atoms with Crippen molar-refractivity contribution >= 4 is 50.7 Å². The van der Waals surface area contributed by atoms with E-state index in [1.807, 2.05) is 0 Å². The van der Waals surface area contributed by atoms with Gasteiger partial charge >= 0.3 is 0 Å². The molecule has 8 nitrogen and oxygen atoms in total. The van der Waals surface area contributed by atoms with E-state index in [9.17, 15) is 18.0 Å². The summed E-state index contributed by atoms with van der Waals surface area (Å²) in [6.45, 7) is 3.15. The third-order valence-corrected chi connectivity index (χ3v) is 8.23. The number of sulfonamides is 1. The molecule has 0 bridgehead atoms. The summed E-state index contributed by atoms with van der Waals surface area (Å²) in [6, 6.07) is 18.1. The van der Waals surface area contributed by atoms with Crippen molar-refractivity contribution in [1.29, 1.82) is 0 Å². The number of nitrogens with one attached hydrogen (secondary N) is 1. The SMILES string of the molecule is CCNC(=O)[C@@H](C)N(Cc1ccccc1Cl)C(=O)CN(c1cccc(Cl)c1)S(=O)(=O)c1ccc(OC)cc1. The van der Waals surface area contributed by atoms with Crippen LogP contribution in [0.3, 0.4) is 0 Å². The topological polar surface area (TPSA) is 96.0 Å². The first-order chi connectivity index (χ1) is 18.1. The quantitative estimate of drug-likeness (QED) is 0.354. The van der Waals surface area contributed by atoms with Crippen LogP contribution in [0.2, 0.25) is 10.0 Å². The number of hydrogen-bond acceptors (Lipinski definition) is 5. The van der Waals surface area contributed by atoms with Gasteiger partial charge < -0.3 is 15.0 Å². The molecule has 0 saturated heterocycles. The molecule has 0 unspecified atom stereocenters. The predicted molar refractivity (Wildman–Crippen MR) is 149 cm³/mol. The van der Waals surface area contributed by atoms with E-state index >= 15 is 0 Å². The molecular formula is C27H29Cl2N3O5S. The third kappa shape index (κ3) is 6.98. The second-order valence-corrected chi connectivity index (χ2v) is 11.1. The van der Waals surface area contributed by atoms with E-state index < -0.39 is 28.5 Å². The Morgan fingerprint density at radius 3 is 2.29 bits per heavy atom. The molecule has 0 aliphatic heterocycles. The van der Waals surface area contributed by atoms with Gasteiger partial charge in [0.25, 0.3) is 10.0 Å². The fourth-order valence-corrected chi connectivity index (χ4v) is 5.54. The van der Waals surface area contributed by atoms with Crippen LogP contribution >= 0.6 is 23.2 Å². The van der Waals surface area contributed by atoms with Crippen LogP contribution in [0, 0.1) is 0 Å². The maximum Gasteiger partial charge on any atom is 0.264 e. The normalized spacial score (nSPS) is 11.9. The smallest absolute Gasteiger partial charge is 0.264 e. The molecule has 0 spiro atoms. The average Bonchev–Trinajstić information content (AvgIpc) is 2.90. The molecule has 3 rings (SSSR count). The van der Waals surface area contributed by atoms with E-state index in [1.54, 1.807) is 56.3 Å². The molecule has 1 atom stereocenters. The summed E-state index contributed by atoms with van der Waals surface area (Å²) in [5.41, 5.74) is 0.816. The van der Waals surface area contributed by atoms with Gasteiger partial charge in [-0.05, 0) is 67.9 Å². The van der Waals surface area contributed by atoms with Crippen molar-refractivity contribution < 1.29 is 22.7 Å². The standard InChI is InChI=1S/C27H29Cl2N3O5S/c1-4-30-27(34)19(2)31(17-20-8-5-6-11-25(20)29)26(33)18-32(22-10-7-9-21(28)16-22)38(35,36)24-14-12-23(37-3)13-15-24/h5-16,19H,4,17-18H2,1-3H3,(H,30,34)/t19-/m1/s1. The summed E-state index contributed by atoms with van der Waals surface area (Å²) >= 11 is 12.5. The zero-order valence-electron chi connectivity index (χ0n) is 21.2. The Morgan fingerprint density at radius 2 is 1.68 bits per heavy atom. The molecule has 0 aliphatic rings. The third-order valence-electron chi connectivity index (χ3n) is 5.84. The van der Waals surface area contributed by atoms with Gasteiger partial charge in [-0.2, -0.15) is 0 Å². The number of anilines is 1. The first-order valence-corrected chi connectivity index (χ1v) is 14.0. The van der Waals surface area contributed by atoms with Crippen LogP contribution < -0.4 is 14.4 Å². The molecule has 38 heavy (non-hydrogen) atoms. The van der Waals surface area contributed by atoms with Gasteiger partial charge in [0.1, 0.15) is 18.3 Å². The lowest BCUT2D eigenvalue weighted by atomic mass is 10.1. The van der Waals surface area contributed by atoms with Gasteiger partial charge in [0, 0.05) is 23.1 Å². The highest BCUT2D eigenvalue weighted by Crippen LogP contribution is 2.28. The largest absolute Gasteiger partial charge is 0.497 e. The van der Waals surface area contributed by atoms with Crippen LogP contribution in [-0.2, 0) is 26.2 Å². The molecule has 2 amide bonds. The number of methoxy groups -OCH3 is 1. The summed E-state index contributed by atoms with van der Waals surface area (Å²) < 4.78 is 33.7. The summed E-state index contributed by atoms with van der Waals surface area (Å²) in [4.78, 5) is 27.8. The highest BCUT2D eigenvalue weighted by Gasteiger charge is 2.32. The Hall–Kier alpha value is -3.27. The number of likely N-dealkylation sites (N-methyl/N-ethyl adjacent to an activating group) is 1. The van der Waals surface area contributed by atoms with Crippen molar-refractivity contribution in [2.24, 2.45) is 0 Å². The molecule has 202 valence electrons. The van der Waals surface area contributed by atoms with Crippen LogP contribution in [0.1, 0.15) is 19.4 Å². The summed E-state index contributed by atoms with van der Waals surface area (Å²) in [7, 11) is -2.74. The molecule has 0 saturated carbocycles. The molecule has 0 radical (unpaired) electrons. The highest BCUT2D eigenvalue weighted by atomic mass is 35.5. The second kappa shape index (κ2) is 13.0. The number of amides is 2. The zero-order valence-corrected chi connectivity index (χ0v) is 23.6. The number of carbonyl (C=O) groups excluding carboxylic acids is 2. The molecule has 0 heterocycles. The van der Waals surface area contributed by atoms with Gasteiger partial charge in [-0.3, -0.25) is 13.9 Å². The number of carbonyl (C=O) groups is 2. The average molecular weight is 579 g/mol. The summed E-state index contributed by atoms with van der Waals surface area (Å²) in [5, 5.41) is 3.44. The van der Waals surface area contributed by atoms with Gasteiger partial charge in [-0.15, -0.1) is 0 Å². The van der Waals surface area contributed by atoms with Crippen molar-refractivity contribution in [3.05, 3.63) is 88.4 Å². The van der Waals surface area contributed by atoms with Crippen molar-refractivity contribution in [2.45, 2.75) is 31.3 Å². The van der Waals surface area contributed by atoms with Gasteiger partial charge in [-0.25, -0.2) is 8.42 Å². The number of nitrogens with zero attached hydrogens (tertiary/aromatic N) is 2. The van der Waals surface area contributed by atoms with Crippen molar-refractivity contribution in [1.82, 2.24) is 10.2 Å². The van der Waals surface area contributed by atoms with E-state index in [1.165, 1.54) is 42.3 Å². The van der Waals surface area contributed by atoms with Crippen molar-refractivity contribution in [3.63, 3.8) is 0 Å². The monoisotopic (exact) mass is 577 g/mol. The van der Waals surface area contributed by atoms with Crippen LogP contribution in [-0.4, -0.2) is 51.4 Å². The van der Waals surface area contributed by atoms with Gasteiger partial charge in [0.15, 0.2) is 0 Å². The molecule has 0 fully saturated rings. The molecule has 3 aromatic carbocycles. The van der Waals surface area contributed by atoms with E-state index in [-0.39, 0.29) is 23.0 Å². The van der Waals surface area contributed by atoms with E-state index in [0.29, 0.717) is 27.9 Å². The van der Waals surface area contributed by atoms with Crippen LogP contribution in [0.25, 0.3) is 0 Å². The summed E-state index contributed by atoms with van der Waals surface area (Å²) in [6.07, 6.45) is 0. The minimum atomic E-state index is -4.22. The fraction of sp³-hybridized carbons (Fsp3) is 0.259. The molecule has 3 aromatic rings. The highest BCUT2D eigenvalue weighted by molar-refractivity contribution is 7.92. The van der Waals surface area contributed by atoms with Crippen molar-refractivity contribution in [2.75, 3.05) is 24.5 Å². The lowest BCUT2D eigenvalue weighted by Crippen LogP contribution is -2.51. The fourth-order valence-electron chi connectivity index (χ4n) is 3.75. The minimum absolute atomic E-state index is 0.00275. The molecule has 11 heteroatoms. The second-order valence-electron chi connectivity index (χ2n) is 8.35. The van der Waals surface area contributed by atoms with Crippen molar-refractivity contribution in [3.8, 4) is 5.75 Å². The Balaban J connectivity index is 2.04. The number of ether oxygens (including phenoxy) is 1. The first-order valence-electron chi connectivity index (χ1n) is 11.8. The van der Waals surface area contributed by atoms with Gasteiger partial charge in [-0.1, -0.05) is 47.5 Å². The Bertz CT molecular complexity index is 1380. The Labute approximate surface area is 233 Å². The minimum Gasteiger partial charge on any atom is -0.497 e. The Morgan fingerprint density at radius 1 is 1.00 bits per heavy atom. The Kier molecular flexibility index (Phi) is 10.0. The lowest BCUT2D eigenvalue weighted by Gasteiger charge is -2.32. The molecule has 0 aliphatic carbocycles. The number of benzene rings is 3. The zero-order chi connectivity index (χ0) is 27.9. The van der Waals surface area contributed by atoms with Gasteiger partial charge in [0.2, 0.25) is 11.8 Å². The van der Waals surface area contributed by atoms with E-state index in [0.717, 1.165) is 4.31 Å². The van der Waals surface area contributed by atoms with Crippen LogP contribution in [0.15, 0.2) is 77.7 Å². The molecular weight excluding hydrogens is 549 g/mol. The summed E-state index contributed by atoms with van der Waals surface area (Å²) in [5.74, 6) is -0.489. The molecule has 0 aromatic heterocycles. The van der Waals surface area contributed by atoms with E-state index in [2.05, 4.69) is 5.32 Å². The van der Waals surface area contributed by atoms with E-state index in [4.69, 9.17) is 27.9 Å². The number of hydrogen-bond donors (Lipinski definition) is 1. The van der Waals surface area contributed by atoms with Crippen LogP contribution in [0.4, 0.5) is 5.69 Å².